The van der Waals surface area contributed by atoms with Gasteiger partial charge in [0.05, 0.1) is 18.8 Å². The van der Waals surface area contributed by atoms with Gasteiger partial charge in [-0.1, -0.05) is 6.07 Å². The lowest BCUT2D eigenvalue weighted by Crippen LogP contribution is -2.42. The Labute approximate surface area is 117 Å². The van der Waals surface area contributed by atoms with Gasteiger partial charge in [0.2, 0.25) is 0 Å². The van der Waals surface area contributed by atoms with Crippen LogP contribution in [-0.4, -0.2) is 42.3 Å². The Kier molecular flexibility index (Phi) is 4.48. The van der Waals surface area contributed by atoms with Gasteiger partial charge in [-0.05, 0) is 17.7 Å². The number of rotatable bonds is 3. The van der Waals surface area contributed by atoms with Crippen molar-refractivity contribution in [3.05, 3.63) is 35.1 Å². The fourth-order valence-electron chi connectivity index (χ4n) is 2.28. The molecule has 0 aliphatic carbocycles. The lowest BCUT2D eigenvalue weighted by molar-refractivity contribution is -0.146. The highest BCUT2D eigenvalue weighted by Gasteiger charge is 2.36. The van der Waals surface area contributed by atoms with Crippen molar-refractivity contribution in [3.63, 3.8) is 0 Å². The van der Waals surface area contributed by atoms with E-state index >= 15 is 0 Å². The molecule has 0 radical (unpaired) electrons. The van der Waals surface area contributed by atoms with Crippen LogP contribution in [0.1, 0.15) is 17.2 Å². The number of nitrogens with zero attached hydrogens (tertiary/aromatic N) is 1. The highest BCUT2D eigenvalue weighted by atomic mass is 19.4. The van der Waals surface area contributed by atoms with Crippen molar-refractivity contribution in [2.45, 2.75) is 12.2 Å². The first kappa shape index (κ1) is 15.7. The highest BCUT2D eigenvalue weighted by Crippen LogP contribution is 2.34. The average molecular weight is 307 g/mol. The number of carbonyl (C=O) groups is 1. The summed E-state index contributed by atoms with van der Waals surface area (Å²) in [5, 5.41) is 9.28. The number of aliphatic carboxylic acids is 1. The average Bonchev–Trinajstić information content (AvgIpc) is 2.40. The number of hydrogen-bond donors (Lipinski definition) is 1. The fraction of sp³-hybridized carbons (Fsp3) is 0.462. The molecule has 1 aromatic rings. The van der Waals surface area contributed by atoms with Crippen molar-refractivity contribution in [1.82, 2.24) is 4.90 Å². The molecule has 0 spiro atoms. The number of ether oxygens (including phenoxy) is 1. The van der Waals surface area contributed by atoms with Crippen molar-refractivity contribution in [1.29, 1.82) is 0 Å². The molecule has 1 N–H and O–H groups in total. The molecule has 1 heterocycles. The molecule has 116 valence electrons. The minimum atomic E-state index is -4.87. The monoisotopic (exact) mass is 307 g/mol. The quantitative estimate of drug-likeness (QED) is 0.871. The molecule has 1 unspecified atom stereocenters. The molecule has 2 rings (SSSR count). The maximum absolute atomic E-state index is 13.3. The molecule has 0 amide bonds. The van der Waals surface area contributed by atoms with Crippen molar-refractivity contribution < 1.29 is 32.2 Å². The number of alkyl halides is 3. The number of benzene rings is 1. The summed E-state index contributed by atoms with van der Waals surface area (Å²) in [5.41, 5.74) is -1.56. The van der Waals surface area contributed by atoms with Gasteiger partial charge >= 0.3 is 12.1 Å². The second-order valence-electron chi connectivity index (χ2n) is 4.63. The largest absolute Gasteiger partial charge is 0.480 e. The van der Waals surface area contributed by atoms with Crippen molar-refractivity contribution in [2.24, 2.45) is 0 Å². The first-order valence-corrected chi connectivity index (χ1v) is 6.22. The predicted molar refractivity (Wildman–Crippen MR) is 64.2 cm³/mol. The fourth-order valence-corrected chi connectivity index (χ4v) is 2.28. The number of halogens is 4. The molecule has 1 atom stereocenters. The zero-order valence-corrected chi connectivity index (χ0v) is 10.9. The van der Waals surface area contributed by atoms with Crippen LogP contribution in [0.3, 0.4) is 0 Å². The van der Waals surface area contributed by atoms with E-state index in [4.69, 9.17) is 4.74 Å². The van der Waals surface area contributed by atoms with Crippen LogP contribution in [0, 0.1) is 5.82 Å². The smallest absolute Gasteiger partial charge is 0.419 e. The summed E-state index contributed by atoms with van der Waals surface area (Å²) >= 11 is 0. The van der Waals surface area contributed by atoms with Gasteiger partial charge in [0.25, 0.3) is 0 Å². The van der Waals surface area contributed by atoms with Crippen molar-refractivity contribution in [3.8, 4) is 0 Å². The Hall–Kier alpha value is -1.67. The van der Waals surface area contributed by atoms with Gasteiger partial charge in [0.15, 0.2) is 0 Å². The molecule has 21 heavy (non-hydrogen) atoms. The topological polar surface area (TPSA) is 49.8 Å². The summed E-state index contributed by atoms with van der Waals surface area (Å²) in [6.07, 6.45) is -4.87. The minimum Gasteiger partial charge on any atom is -0.480 e. The van der Waals surface area contributed by atoms with Crippen LogP contribution in [0.5, 0.6) is 0 Å². The lowest BCUT2D eigenvalue weighted by atomic mass is 10.0. The number of carboxylic acid groups (broad SMARTS) is 1. The first-order valence-electron chi connectivity index (χ1n) is 6.22. The zero-order chi connectivity index (χ0) is 15.6. The van der Waals surface area contributed by atoms with E-state index < -0.39 is 29.6 Å². The Morgan fingerprint density at radius 1 is 1.29 bits per heavy atom. The van der Waals surface area contributed by atoms with Gasteiger partial charge in [-0.15, -0.1) is 0 Å². The molecule has 1 aromatic carbocycles. The third-order valence-corrected chi connectivity index (χ3v) is 3.26. The van der Waals surface area contributed by atoms with Crippen LogP contribution in [0.2, 0.25) is 0 Å². The molecule has 0 saturated carbocycles. The Bertz CT molecular complexity index is 527. The first-order chi connectivity index (χ1) is 9.80. The molecule has 0 bridgehead atoms. The standard InChI is InChI=1S/C13H13F4NO3/c14-10-2-1-8(7-9(10)13(15,16)17)11(12(19)20)18-3-5-21-6-4-18/h1-2,7,11H,3-6H2,(H,19,20). The van der Waals surface area contributed by atoms with E-state index in [0.29, 0.717) is 25.3 Å². The van der Waals surface area contributed by atoms with E-state index in [0.717, 1.165) is 6.07 Å². The number of hydrogen-bond acceptors (Lipinski definition) is 3. The summed E-state index contributed by atoms with van der Waals surface area (Å²) in [6.45, 7) is 1.18. The molecular formula is C13H13F4NO3. The summed E-state index contributed by atoms with van der Waals surface area (Å²) < 4.78 is 56.5. The second kappa shape index (κ2) is 5.98. The van der Waals surface area contributed by atoms with E-state index in [1.54, 1.807) is 0 Å². The third-order valence-electron chi connectivity index (χ3n) is 3.26. The van der Waals surface area contributed by atoms with E-state index in [1.807, 2.05) is 0 Å². The van der Waals surface area contributed by atoms with Gasteiger partial charge in [-0.25, -0.2) is 4.39 Å². The van der Waals surface area contributed by atoms with E-state index in [9.17, 15) is 27.5 Å². The molecule has 8 heteroatoms. The minimum absolute atomic E-state index is 0.0990. The normalized spacial score (nSPS) is 18.5. The van der Waals surface area contributed by atoms with Gasteiger partial charge in [0.1, 0.15) is 11.9 Å². The van der Waals surface area contributed by atoms with Crippen LogP contribution in [0.15, 0.2) is 18.2 Å². The van der Waals surface area contributed by atoms with Crippen LogP contribution in [0.25, 0.3) is 0 Å². The van der Waals surface area contributed by atoms with Gasteiger partial charge in [0, 0.05) is 13.1 Å². The van der Waals surface area contributed by atoms with Crippen molar-refractivity contribution in [2.75, 3.05) is 26.3 Å². The van der Waals surface area contributed by atoms with Crippen LogP contribution >= 0.6 is 0 Å². The van der Waals surface area contributed by atoms with Gasteiger partial charge in [-0.3, -0.25) is 9.69 Å². The summed E-state index contributed by atoms with van der Waals surface area (Å²) in [7, 11) is 0. The Balaban J connectivity index is 2.39. The Morgan fingerprint density at radius 3 is 2.43 bits per heavy atom. The summed E-state index contributed by atoms with van der Waals surface area (Å²) in [6, 6.07) is 1.02. The molecule has 1 fully saturated rings. The molecule has 1 saturated heterocycles. The highest BCUT2D eigenvalue weighted by molar-refractivity contribution is 5.75. The maximum Gasteiger partial charge on any atom is 0.419 e. The zero-order valence-electron chi connectivity index (χ0n) is 10.9. The summed E-state index contributed by atoms with van der Waals surface area (Å²) in [5.74, 6) is -2.70. The lowest BCUT2D eigenvalue weighted by Gasteiger charge is -2.32. The van der Waals surface area contributed by atoms with E-state index in [1.165, 1.54) is 4.90 Å². The molecule has 0 aromatic heterocycles. The second-order valence-corrected chi connectivity index (χ2v) is 4.63. The van der Waals surface area contributed by atoms with Gasteiger partial charge in [-0.2, -0.15) is 13.2 Å². The van der Waals surface area contributed by atoms with Crippen LogP contribution < -0.4 is 0 Å². The Morgan fingerprint density at radius 2 is 1.90 bits per heavy atom. The van der Waals surface area contributed by atoms with Crippen LogP contribution in [0.4, 0.5) is 17.6 Å². The molecule has 1 aliphatic heterocycles. The molecule has 4 nitrogen and oxygen atoms in total. The van der Waals surface area contributed by atoms with E-state index in [-0.39, 0.29) is 18.7 Å². The van der Waals surface area contributed by atoms with Gasteiger partial charge < -0.3 is 9.84 Å². The third kappa shape index (κ3) is 3.51. The maximum atomic E-state index is 13.3. The molecular weight excluding hydrogens is 294 g/mol. The van der Waals surface area contributed by atoms with Crippen LogP contribution in [-0.2, 0) is 15.7 Å². The SMILES string of the molecule is O=C(O)C(c1ccc(F)c(C(F)(F)F)c1)N1CCOCC1. The predicted octanol–water partition coefficient (Wildman–Crippen LogP) is 2.30. The molecule has 1 aliphatic rings. The summed E-state index contributed by atoms with van der Waals surface area (Å²) in [4.78, 5) is 12.9. The van der Waals surface area contributed by atoms with E-state index in [2.05, 4.69) is 0 Å². The number of carboxylic acids is 1. The number of morpholine rings is 1. The van der Waals surface area contributed by atoms with Crippen molar-refractivity contribution >= 4 is 5.97 Å².